The molecule has 0 aromatic carbocycles. The Bertz CT molecular complexity index is 376. The van der Waals surface area contributed by atoms with E-state index in [1.165, 1.54) is 12.1 Å². The van der Waals surface area contributed by atoms with Crippen LogP contribution in [-0.4, -0.2) is 21.8 Å². The Morgan fingerprint density at radius 1 is 1.56 bits per heavy atom. The van der Waals surface area contributed by atoms with E-state index in [0.717, 1.165) is 6.20 Å². The molecule has 0 aliphatic carbocycles. The fraction of sp³-hybridized carbons (Fsp3) is 0.455. The molecule has 1 amide bonds. The van der Waals surface area contributed by atoms with Crippen LogP contribution in [0.5, 0.6) is 0 Å². The van der Waals surface area contributed by atoms with Gasteiger partial charge in [-0.05, 0) is 32.9 Å². The largest absolute Gasteiger partial charge is 0.344 e. The van der Waals surface area contributed by atoms with E-state index in [1.807, 2.05) is 13.8 Å². The van der Waals surface area contributed by atoms with Crippen molar-refractivity contribution in [3.8, 4) is 0 Å². The topological polar surface area (TPSA) is 42.0 Å². The van der Waals surface area contributed by atoms with Crippen LogP contribution in [0.25, 0.3) is 0 Å². The highest BCUT2D eigenvalue weighted by molar-refractivity contribution is 6.21. The quantitative estimate of drug-likeness (QED) is 0.830. The maximum atomic E-state index is 12.6. The molecule has 1 heterocycles. The van der Waals surface area contributed by atoms with Gasteiger partial charge in [0.2, 0.25) is 0 Å². The molecule has 16 heavy (non-hydrogen) atoms. The molecule has 0 aliphatic rings. The molecule has 0 saturated carbocycles. The van der Waals surface area contributed by atoms with E-state index in [4.69, 9.17) is 11.6 Å². The van der Waals surface area contributed by atoms with Crippen molar-refractivity contribution < 1.29 is 9.18 Å². The van der Waals surface area contributed by atoms with Crippen molar-refractivity contribution in [3.63, 3.8) is 0 Å². The zero-order valence-electron chi connectivity index (χ0n) is 9.42. The monoisotopic (exact) mass is 244 g/mol. The van der Waals surface area contributed by atoms with E-state index in [2.05, 4.69) is 10.3 Å². The lowest BCUT2D eigenvalue weighted by Gasteiger charge is -2.28. The summed E-state index contributed by atoms with van der Waals surface area (Å²) in [5.74, 6) is -0.834. The molecule has 1 aromatic rings. The molecule has 1 aromatic heterocycles. The average Bonchev–Trinajstić information content (AvgIpc) is 2.17. The summed E-state index contributed by atoms with van der Waals surface area (Å²) in [6.07, 6.45) is 1.01. The number of aromatic nitrogens is 1. The van der Waals surface area contributed by atoms with Crippen molar-refractivity contribution in [1.29, 1.82) is 0 Å². The van der Waals surface area contributed by atoms with E-state index in [0.29, 0.717) is 0 Å². The highest BCUT2D eigenvalue weighted by atomic mass is 35.5. The fourth-order valence-electron chi connectivity index (χ4n) is 0.966. The fourth-order valence-corrected chi connectivity index (χ4v) is 1.02. The number of alkyl halides is 1. The summed E-state index contributed by atoms with van der Waals surface area (Å²) in [6.45, 7) is 5.41. The molecule has 0 saturated heterocycles. The van der Waals surface area contributed by atoms with Gasteiger partial charge in [-0.25, -0.2) is 9.37 Å². The molecule has 0 aliphatic heterocycles. The van der Waals surface area contributed by atoms with Gasteiger partial charge < -0.3 is 5.32 Å². The number of carbonyl (C=O) groups excluding carboxylic acids is 1. The number of amides is 1. The normalized spacial score (nSPS) is 13.3. The number of halogens is 2. The zero-order valence-corrected chi connectivity index (χ0v) is 10.2. The molecule has 5 heteroatoms. The van der Waals surface area contributed by atoms with Gasteiger partial charge in [0.1, 0.15) is 11.5 Å². The Morgan fingerprint density at radius 2 is 2.19 bits per heavy atom. The van der Waals surface area contributed by atoms with Crippen LogP contribution in [0.4, 0.5) is 4.39 Å². The number of rotatable bonds is 3. The van der Waals surface area contributed by atoms with Gasteiger partial charge >= 0.3 is 0 Å². The van der Waals surface area contributed by atoms with E-state index >= 15 is 0 Å². The van der Waals surface area contributed by atoms with E-state index in [9.17, 15) is 9.18 Å². The zero-order chi connectivity index (χ0) is 12.3. The van der Waals surface area contributed by atoms with Crippen LogP contribution in [0, 0.1) is 5.82 Å². The molecule has 88 valence electrons. The van der Waals surface area contributed by atoms with E-state index in [1.54, 1.807) is 6.92 Å². The highest BCUT2D eigenvalue weighted by Gasteiger charge is 2.26. The summed E-state index contributed by atoms with van der Waals surface area (Å²) < 4.78 is 12.6. The SMILES string of the molecule is CC(Cl)C(C)(C)NC(=O)c1ccc(F)cn1. The summed E-state index contributed by atoms with van der Waals surface area (Å²) in [6, 6.07) is 2.53. The molecule has 3 nitrogen and oxygen atoms in total. The summed E-state index contributed by atoms with van der Waals surface area (Å²) >= 11 is 5.93. The third-order valence-electron chi connectivity index (χ3n) is 2.39. The Hall–Kier alpha value is -1.16. The predicted molar refractivity (Wildman–Crippen MR) is 61.1 cm³/mol. The van der Waals surface area contributed by atoms with Crippen LogP contribution in [0.15, 0.2) is 18.3 Å². The number of carbonyl (C=O) groups is 1. The third-order valence-corrected chi connectivity index (χ3v) is 2.94. The molecule has 1 unspecified atom stereocenters. The second-order valence-electron chi connectivity index (χ2n) is 4.15. The van der Waals surface area contributed by atoms with Crippen molar-refractivity contribution >= 4 is 17.5 Å². The Kier molecular flexibility index (Phi) is 3.86. The van der Waals surface area contributed by atoms with Crippen LogP contribution in [0.3, 0.4) is 0 Å². The first kappa shape index (κ1) is 12.9. The minimum atomic E-state index is -0.547. The second kappa shape index (κ2) is 4.78. The van der Waals surface area contributed by atoms with Crippen LogP contribution in [-0.2, 0) is 0 Å². The van der Waals surface area contributed by atoms with Crippen molar-refractivity contribution in [1.82, 2.24) is 10.3 Å². The smallest absolute Gasteiger partial charge is 0.270 e. The molecule has 1 rings (SSSR count). The van der Waals surface area contributed by atoms with Crippen molar-refractivity contribution in [2.75, 3.05) is 0 Å². The van der Waals surface area contributed by atoms with Crippen molar-refractivity contribution in [2.45, 2.75) is 31.7 Å². The standard InChI is InChI=1S/C11H14ClFN2O/c1-7(12)11(2,3)15-10(16)9-5-4-8(13)6-14-9/h4-7H,1-3H3,(H,15,16). The average molecular weight is 245 g/mol. The summed E-state index contributed by atoms with van der Waals surface area (Å²) in [7, 11) is 0. The van der Waals surface area contributed by atoms with Crippen LogP contribution in [0.2, 0.25) is 0 Å². The van der Waals surface area contributed by atoms with Crippen LogP contribution in [0.1, 0.15) is 31.3 Å². The predicted octanol–water partition coefficient (Wildman–Crippen LogP) is 2.36. The van der Waals surface area contributed by atoms with Gasteiger partial charge in [0.25, 0.3) is 5.91 Å². The second-order valence-corrected chi connectivity index (χ2v) is 4.81. The molecule has 0 fully saturated rings. The molecule has 1 N–H and O–H groups in total. The van der Waals surface area contributed by atoms with Gasteiger partial charge in [-0.1, -0.05) is 0 Å². The Balaban J connectivity index is 2.77. The number of nitrogens with zero attached hydrogens (tertiary/aromatic N) is 1. The minimum absolute atomic E-state index is 0.173. The van der Waals surface area contributed by atoms with Crippen molar-refractivity contribution in [3.05, 3.63) is 29.8 Å². The molecule has 0 bridgehead atoms. The molecule has 0 spiro atoms. The lowest BCUT2D eigenvalue weighted by molar-refractivity contribution is 0.0907. The first-order valence-electron chi connectivity index (χ1n) is 4.91. The maximum absolute atomic E-state index is 12.6. The molecular formula is C11H14ClFN2O. The highest BCUT2D eigenvalue weighted by Crippen LogP contribution is 2.15. The first-order chi connectivity index (χ1) is 7.33. The van der Waals surface area contributed by atoms with Gasteiger partial charge in [-0.15, -0.1) is 11.6 Å². The number of nitrogens with one attached hydrogen (secondary N) is 1. The number of pyridine rings is 1. The lowest BCUT2D eigenvalue weighted by Crippen LogP contribution is -2.49. The van der Waals surface area contributed by atoms with Crippen molar-refractivity contribution in [2.24, 2.45) is 0 Å². The third kappa shape index (κ3) is 3.17. The number of hydrogen-bond donors (Lipinski definition) is 1. The molecule has 0 radical (unpaired) electrons. The number of hydrogen-bond acceptors (Lipinski definition) is 2. The maximum Gasteiger partial charge on any atom is 0.270 e. The summed E-state index contributed by atoms with van der Waals surface area (Å²) in [5, 5.41) is 2.51. The van der Waals surface area contributed by atoms with Crippen LogP contribution >= 0.6 is 11.6 Å². The molecule has 1 atom stereocenters. The van der Waals surface area contributed by atoms with Crippen LogP contribution < -0.4 is 5.32 Å². The van der Waals surface area contributed by atoms with Gasteiger partial charge in [-0.2, -0.15) is 0 Å². The van der Waals surface area contributed by atoms with Gasteiger partial charge in [-0.3, -0.25) is 4.79 Å². The Morgan fingerprint density at radius 3 is 2.62 bits per heavy atom. The minimum Gasteiger partial charge on any atom is -0.344 e. The van der Waals surface area contributed by atoms with Gasteiger partial charge in [0, 0.05) is 0 Å². The lowest BCUT2D eigenvalue weighted by atomic mass is 10.0. The molecular weight excluding hydrogens is 231 g/mol. The summed E-state index contributed by atoms with van der Waals surface area (Å²) in [5.41, 5.74) is -0.374. The van der Waals surface area contributed by atoms with E-state index in [-0.39, 0.29) is 17.0 Å². The van der Waals surface area contributed by atoms with E-state index < -0.39 is 11.4 Å². The van der Waals surface area contributed by atoms with Gasteiger partial charge in [0.15, 0.2) is 0 Å². The summed E-state index contributed by atoms with van der Waals surface area (Å²) in [4.78, 5) is 15.4. The first-order valence-corrected chi connectivity index (χ1v) is 5.34. The van der Waals surface area contributed by atoms with Gasteiger partial charge in [0.05, 0.1) is 17.1 Å². The Labute approximate surface area is 99.0 Å².